The Balaban J connectivity index is 2.78. The van der Waals surface area contributed by atoms with E-state index in [9.17, 15) is 5.11 Å². The first-order valence-corrected chi connectivity index (χ1v) is 4.43. The Labute approximate surface area is 81.0 Å². The number of aromatic amines is 1. The molecule has 2 aromatic heterocycles. The Morgan fingerprint density at radius 3 is 2.79 bits per heavy atom. The highest BCUT2D eigenvalue weighted by molar-refractivity contribution is 5.84. The fourth-order valence-corrected chi connectivity index (χ4v) is 1.47. The van der Waals surface area contributed by atoms with Crippen molar-refractivity contribution in [1.29, 1.82) is 0 Å². The molecule has 14 heavy (non-hydrogen) atoms. The van der Waals surface area contributed by atoms with E-state index in [0.29, 0.717) is 17.0 Å². The average molecular weight is 192 g/mol. The fraction of sp³-hybridized carbons (Fsp3) is 0.333. The summed E-state index contributed by atoms with van der Waals surface area (Å²) < 4.78 is 0. The van der Waals surface area contributed by atoms with Gasteiger partial charge in [-0.2, -0.15) is 4.98 Å². The van der Waals surface area contributed by atoms with Crippen molar-refractivity contribution in [3.8, 4) is 5.88 Å². The number of nitrogens with one attached hydrogen (secondary N) is 1. The lowest BCUT2D eigenvalue weighted by atomic mass is 10.1. The van der Waals surface area contributed by atoms with Crippen molar-refractivity contribution in [3.63, 3.8) is 0 Å². The van der Waals surface area contributed by atoms with Gasteiger partial charge in [-0.1, -0.05) is 13.8 Å². The molecule has 0 bridgehead atoms. The third kappa shape index (κ3) is 1.17. The summed E-state index contributed by atoms with van der Waals surface area (Å²) in [4.78, 5) is 10.7. The van der Waals surface area contributed by atoms with Crippen molar-refractivity contribution in [3.05, 3.63) is 11.8 Å². The lowest BCUT2D eigenvalue weighted by Gasteiger charge is -2.02. The highest BCUT2D eigenvalue weighted by Gasteiger charge is 2.13. The predicted molar refractivity (Wildman–Crippen MR) is 54.1 cm³/mol. The molecule has 4 N–H and O–H groups in total. The zero-order valence-electron chi connectivity index (χ0n) is 8.07. The third-order valence-corrected chi connectivity index (χ3v) is 2.17. The molecular weight excluding hydrogens is 180 g/mol. The number of aromatic hydroxyl groups is 1. The Morgan fingerprint density at radius 2 is 2.14 bits per heavy atom. The molecule has 5 nitrogen and oxygen atoms in total. The third-order valence-electron chi connectivity index (χ3n) is 2.17. The Morgan fingerprint density at radius 1 is 1.43 bits per heavy atom. The molecule has 0 fully saturated rings. The van der Waals surface area contributed by atoms with E-state index in [4.69, 9.17) is 5.73 Å². The largest absolute Gasteiger partial charge is 0.492 e. The van der Waals surface area contributed by atoms with Crippen LogP contribution >= 0.6 is 0 Å². The van der Waals surface area contributed by atoms with Gasteiger partial charge in [0.15, 0.2) is 0 Å². The number of fused-ring (bicyclic) bond motifs is 1. The van der Waals surface area contributed by atoms with Gasteiger partial charge in [-0.15, -0.1) is 0 Å². The van der Waals surface area contributed by atoms with Crippen molar-refractivity contribution in [1.82, 2.24) is 15.0 Å². The molecule has 2 heterocycles. The molecule has 5 heteroatoms. The van der Waals surface area contributed by atoms with Crippen LogP contribution in [0.1, 0.15) is 25.3 Å². The van der Waals surface area contributed by atoms with Gasteiger partial charge in [0, 0.05) is 6.20 Å². The van der Waals surface area contributed by atoms with Crippen molar-refractivity contribution < 1.29 is 5.11 Å². The number of nitrogen functional groups attached to an aromatic ring is 1. The van der Waals surface area contributed by atoms with Gasteiger partial charge in [0.05, 0.1) is 0 Å². The molecule has 0 aliphatic carbocycles. The van der Waals surface area contributed by atoms with Crippen LogP contribution in [0.25, 0.3) is 11.0 Å². The highest BCUT2D eigenvalue weighted by Crippen LogP contribution is 2.28. The smallest absolute Gasteiger partial charge is 0.240 e. The van der Waals surface area contributed by atoms with E-state index in [0.717, 1.165) is 5.56 Å². The Kier molecular flexibility index (Phi) is 1.80. The topological polar surface area (TPSA) is 87.8 Å². The molecule has 0 amide bonds. The van der Waals surface area contributed by atoms with E-state index < -0.39 is 0 Å². The molecule has 0 aromatic carbocycles. The number of nitrogens with zero attached hydrogens (tertiary/aromatic N) is 2. The second kappa shape index (κ2) is 2.87. The van der Waals surface area contributed by atoms with Gasteiger partial charge in [-0.25, -0.2) is 4.98 Å². The normalized spacial score (nSPS) is 11.4. The van der Waals surface area contributed by atoms with E-state index in [1.807, 2.05) is 6.20 Å². The molecule has 0 aliphatic heterocycles. The molecule has 0 spiro atoms. The van der Waals surface area contributed by atoms with Gasteiger partial charge in [0.1, 0.15) is 11.0 Å². The molecule has 0 radical (unpaired) electrons. The maximum Gasteiger partial charge on any atom is 0.240 e. The maximum atomic E-state index is 9.48. The summed E-state index contributed by atoms with van der Waals surface area (Å²) in [6.07, 6.45) is 1.82. The molecular formula is C9H12N4O. The van der Waals surface area contributed by atoms with Gasteiger partial charge in [-0.05, 0) is 11.5 Å². The van der Waals surface area contributed by atoms with Gasteiger partial charge >= 0.3 is 0 Å². The monoisotopic (exact) mass is 192 g/mol. The summed E-state index contributed by atoms with van der Waals surface area (Å²) in [5.41, 5.74) is 7.73. The molecule has 0 aliphatic rings. The summed E-state index contributed by atoms with van der Waals surface area (Å²) >= 11 is 0. The lowest BCUT2D eigenvalue weighted by molar-refractivity contribution is 0.459. The quantitative estimate of drug-likeness (QED) is 0.636. The van der Waals surface area contributed by atoms with Crippen LogP contribution in [0.15, 0.2) is 6.20 Å². The summed E-state index contributed by atoms with van der Waals surface area (Å²) in [5.74, 6) is 0.327. The second-order valence-corrected chi connectivity index (χ2v) is 3.53. The van der Waals surface area contributed by atoms with Gasteiger partial charge in [0.25, 0.3) is 0 Å². The first-order chi connectivity index (χ1) is 6.59. The van der Waals surface area contributed by atoms with Crippen molar-refractivity contribution in [2.24, 2.45) is 0 Å². The van der Waals surface area contributed by atoms with Gasteiger partial charge in [-0.3, -0.25) is 0 Å². The zero-order valence-corrected chi connectivity index (χ0v) is 8.07. The van der Waals surface area contributed by atoms with Crippen molar-refractivity contribution >= 4 is 17.0 Å². The summed E-state index contributed by atoms with van der Waals surface area (Å²) in [5, 5.41) is 9.48. The lowest BCUT2D eigenvalue weighted by Crippen LogP contribution is -1.96. The number of aromatic nitrogens is 3. The number of nitrogens with two attached hydrogens (primary N) is 1. The highest BCUT2D eigenvalue weighted by atomic mass is 16.3. The van der Waals surface area contributed by atoms with Crippen LogP contribution in [0.5, 0.6) is 5.88 Å². The molecule has 0 saturated heterocycles. The first kappa shape index (κ1) is 8.80. The number of hydrogen-bond donors (Lipinski definition) is 3. The van der Waals surface area contributed by atoms with Crippen LogP contribution in [0.4, 0.5) is 5.95 Å². The zero-order chi connectivity index (χ0) is 10.3. The Bertz CT molecular complexity index is 475. The molecule has 0 atom stereocenters. The number of anilines is 1. The Hall–Kier alpha value is -1.78. The fourth-order valence-electron chi connectivity index (χ4n) is 1.47. The second-order valence-electron chi connectivity index (χ2n) is 3.53. The molecule has 0 saturated carbocycles. The minimum atomic E-state index is -0.0978. The van der Waals surface area contributed by atoms with Crippen LogP contribution in [0, 0.1) is 0 Å². The van der Waals surface area contributed by atoms with Crippen LogP contribution in [0.3, 0.4) is 0 Å². The minimum absolute atomic E-state index is 0.0940. The minimum Gasteiger partial charge on any atom is -0.492 e. The van der Waals surface area contributed by atoms with Crippen LogP contribution in [-0.4, -0.2) is 20.1 Å². The van der Waals surface area contributed by atoms with E-state index in [2.05, 4.69) is 28.8 Å². The van der Waals surface area contributed by atoms with E-state index in [1.165, 1.54) is 0 Å². The predicted octanol–water partition coefficient (Wildman–Crippen LogP) is 1.37. The van der Waals surface area contributed by atoms with Gasteiger partial charge < -0.3 is 15.8 Å². The van der Waals surface area contributed by atoms with Crippen LogP contribution in [0.2, 0.25) is 0 Å². The molecule has 74 valence electrons. The summed E-state index contributed by atoms with van der Waals surface area (Å²) in [7, 11) is 0. The van der Waals surface area contributed by atoms with E-state index in [1.54, 1.807) is 0 Å². The molecule has 2 aromatic rings. The molecule has 2 rings (SSSR count). The van der Waals surface area contributed by atoms with E-state index in [-0.39, 0.29) is 11.8 Å². The molecule has 0 unspecified atom stereocenters. The van der Waals surface area contributed by atoms with Gasteiger partial charge in [0.2, 0.25) is 11.8 Å². The summed E-state index contributed by atoms with van der Waals surface area (Å²) in [6, 6.07) is 0. The van der Waals surface area contributed by atoms with Crippen molar-refractivity contribution in [2.75, 3.05) is 5.73 Å². The number of rotatable bonds is 1. The van der Waals surface area contributed by atoms with E-state index >= 15 is 0 Å². The first-order valence-electron chi connectivity index (χ1n) is 4.43. The SMILES string of the molecule is CC(C)c1c[nH]c2c(O)nc(N)nc12. The number of hydrogen-bond acceptors (Lipinski definition) is 4. The average Bonchev–Trinajstić information content (AvgIpc) is 2.47. The van der Waals surface area contributed by atoms with Crippen LogP contribution in [-0.2, 0) is 0 Å². The van der Waals surface area contributed by atoms with Crippen molar-refractivity contribution in [2.45, 2.75) is 19.8 Å². The summed E-state index contributed by atoms with van der Waals surface area (Å²) in [6.45, 7) is 4.11. The van der Waals surface area contributed by atoms with Crippen LogP contribution < -0.4 is 5.73 Å². The maximum absolute atomic E-state index is 9.48. The standard InChI is InChI=1S/C9H12N4O/c1-4(2)5-3-11-7-6(5)12-9(10)13-8(7)14/h3-4,11H,1-2H3,(H3,10,12,13,14). The number of H-pyrrole nitrogens is 1.